The fourth-order valence-electron chi connectivity index (χ4n) is 3.22. The van der Waals surface area contributed by atoms with Crippen LogP contribution in [0.2, 0.25) is 0 Å². The molecule has 1 saturated heterocycles. The molecule has 0 bridgehead atoms. The Morgan fingerprint density at radius 2 is 1.79 bits per heavy atom. The molecule has 0 unspecified atom stereocenters. The number of amides is 1. The van der Waals surface area contributed by atoms with Crippen LogP contribution in [0.15, 0.2) is 28.8 Å². The first-order chi connectivity index (χ1) is 11.6. The molecular weight excluding hydrogens is 302 g/mol. The number of hydrogen-bond acceptors (Lipinski definition) is 4. The molecule has 0 atom stereocenters. The van der Waals surface area contributed by atoms with Crippen molar-refractivity contribution in [1.82, 2.24) is 15.4 Å². The summed E-state index contributed by atoms with van der Waals surface area (Å²) in [6, 6.07) is 8.50. The standard InChI is InChI=1S/C19H25N3O2/c1-14-18(15(2)24-21-14)19(23)20-12-16-6-8-17(9-7-16)13-22-10-4-3-5-11-22/h6-9H,3-5,10-13H2,1-2H3,(H,20,23). The Hall–Kier alpha value is -2.14. The zero-order valence-corrected chi connectivity index (χ0v) is 14.5. The van der Waals surface area contributed by atoms with Crippen molar-refractivity contribution in [3.8, 4) is 0 Å². The van der Waals surface area contributed by atoms with Crippen molar-refractivity contribution in [2.24, 2.45) is 0 Å². The number of nitrogens with one attached hydrogen (secondary N) is 1. The van der Waals surface area contributed by atoms with E-state index in [2.05, 4.69) is 39.6 Å². The number of aryl methyl sites for hydroxylation is 2. The van der Waals surface area contributed by atoms with Gasteiger partial charge >= 0.3 is 0 Å². The molecule has 0 radical (unpaired) electrons. The maximum Gasteiger partial charge on any atom is 0.257 e. The maximum absolute atomic E-state index is 12.2. The van der Waals surface area contributed by atoms with Crippen molar-refractivity contribution >= 4 is 5.91 Å². The normalized spacial score (nSPS) is 15.4. The van der Waals surface area contributed by atoms with Crippen LogP contribution in [0, 0.1) is 13.8 Å². The molecule has 0 saturated carbocycles. The van der Waals surface area contributed by atoms with E-state index < -0.39 is 0 Å². The van der Waals surface area contributed by atoms with Gasteiger partial charge in [0.25, 0.3) is 5.91 Å². The molecule has 5 nitrogen and oxygen atoms in total. The van der Waals surface area contributed by atoms with Crippen LogP contribution in [0.4, 0.5) is 0 Å². The monoisotopic (exact) mass is 327 g/mol. The van der Waals surface area contributed by atoms with E-state index in [1.807, 2.05) is 0 Å². The minimum atomic E-state index is -0.136. The lowest BCUT2D eigenvalue weighted by Gasteiger charge is -2.26. The minimum absolute atomic E-state index is 0.136. The number of likely N-dealkylation sites (tertiary alicyclic amines) is 1. The van der Waals surface area contributed by atoms with E-state index in [1.165, 1.54) is 37.9 Å². The highest BCUT2D eigenvalue weighted by Gasteiger charge is 2.17. The molecule has 3 rings (SSSR count). The molecule has 1 aliphatic heterocycles. The first kappa shape index (κ1) is 16.7. The van der Waals surface area contributed by atoms with Gasteiger partial charge in [-0.15, -0.1) is 0 Å². The number of carbonyl (C=O) groups excluding carboxylic acids is 1. The lowest BCUT2D eigenvalue weighted by Crippen LogP contribution is -2.29. The highest BCUT2D eigenvalue weighted by Crippen LogP contribution is 2.14. The number of benzene rings is 1. The van der Waals surface area contributed by atoms with E-state index in [0.717, 1.165) is 12.1 Å². The summed E-state index contributed by atoms with van der Waals surface area (Å²) in [7, 11) is 0. The Bertz CT molecular complexity index is 666. The van der Waals surface area contributed by atoms with Crippen molar-refractivity contribution in [2.75, 3.05) is 13.1 Å². The van der Waals surface area contributed by atoms with Crippen LogP contribution in [-0.4, -0.2) is 29.1 Å². The summed E-state index contributed by atoms with van der Waals surface area (Å²) >= 11 is 0. The van der Waals surface area contributed by atoms with Crippen LogP contribution < -0.4 is 5.32 Å². The average molecular weight is 327 g/mol. The van der Waals surface area contributed by atoms with Gasteiger partial charge < -0.3 is 9.84 Å². The molecule has 1 fully saturated rings. The SMILES string of the molecule is Cc1noc(C)c1C(=O)NCc1ccc(CN2CCCCC2)cc1. The zero-order chi connectivity index (χ0) is 16.9. The number of rotatable bonds is 5. The zero-order valence-electron chi connectivity index (χ0n) is 14.5. The molecule has 2 aromatic rings. The lowest BCUT2D eigenvalue weighted by atomic mass is 10.1. The van der Waals surface area contributed by atoms with Gasteiger partial charge in [0.1, 0.15) is 11.3 Å². The minimum Gasteiger partial charge on any atom is -0.361 e. The van der Waals surface area contributed by atoms with E-state index in [9.17, 15) is 4.79 Å². The summed E-state index contributed by atoms with van der Waals surface area (Å²) in [6.45, 7) is 7.47. The van der Waals surface area contributed by atoms with Crippen LogP contribution in [0.3, 0.4) is 0 Å². The van der Waals surface area contributed by atoms with Gasteiger partial charge in [-0.2, -0.15) is 0 Å². The molecule has 0 aliphatic carbocycles. The van der Waals surface area contributed by atoms with Gasteiger partial charge in [0.2, 0.25) is 0 Å². The molecule has 1 aromatic carbocycles. The van der Waals surface area contributed by atoms with Gasteiger partial charge in [-0.1, -0.05) is 35.8 Å². The number of hydrogen-bond donors (Lipinski definition) is 1. The van der Waals surface area contributed by atoms with Gasteiger partial charge in [-0.25, -0.2) is 0 Å². The molecule has 5 heteroatoms. The third kappa shape index (κ3) is 4.03. The second-order valence-electron chi connectivity index (χ2n) is 6.54. The molecule has 1 N–H and O–H groups in total. The Kier molecular flexibility index (Phi) is 5.30. The molecule has 128 valence electrons. The number of carbonyl (C=O) groups is 1. The molecule has 1 aliphatic rings. The second-order valence-corrected chi connectivity index (χ2v) is 6.54. The van der Waals surface area contributed by atoms with Crippen molar-refractivity contribution in [3.63, 3.8) is 0 Å². The van der Waals surface area contributed by atoms with Crippen molar-refractivity contribution in [2.45, 2.75) is 46.2 Å². The summed E-state index contributed by atoms with van der Waals surface area (Å²) in [6.07, 6.45) is 3.98. The maximum atomic E-state index is 12.2. The van der Waals surface area contributed by atoms with E-state index in [1.54, 1.807) is 13.8 Å². The average Bonchev–Trinajstić information content (AvgIpc) is 2.94. The third-order valence-corrected chi connectivity index (χ3v) is 4.59. The summed E-state index contributed by atoms with van der Waals surface area (Å²) in [5.74, 6) is 0.422. The first-order valence-electron chi connectivity index (χ1n) is 8.65. The van der Waals surface area contributed by atoms with Crippen LogP contribution in [-0.2, 0) is 13.1 Å². The quantitative estimate of drug-likeness (QED) is 0.916. The van der Waals surface area contributed by atoms with E-state index in [4.69, 9.17) is 4.52 Å². The van der Waals surface area contributed by atoms with Crippen LogP contribution in [0.25, 0.3) is 0 Å². The largest absolute Gasteiger partial charge is 0.361 e. The molecule has 0 spiro atoms. The summed E-state index contributed by atoms with van der Waals surface area (Å²) in [5.41, 5.74) is 3.59. The Balaban J connectivity index is 1.53. The van der Waals surface area contributed by atoms with Gasteiger partial charge in [0, 0.05) is 13.1 Å². The predicted octanol–water partition coefficient (Wildman–Crippen LogP) is 3.21. The van der Waals surface area contributed by atoms with Gasteiger partial charge in [0.15, 0.2) is 0 Å². The molecular formula is C19H25N3O2. The topological polar surface area (TPSA) is 58.4 Å². The van der Waals surface area contributed by atoms with Crippen LogP contribution in [0.1, 0.15) is 52.2 Å². The number of aromatic nitrogens is 1. The fraction of sp³-hybridized carbons (Fsp3) is 0.474. The van der Waals surface area contributed by atoms with Crippen LogP contribution >= 0.6 is 0 Å². The van der Waals surface area contributed by atoms with E-state index >= 15 is 0 Å². The first-order valence-corrected chi connectivity index (χ1v) is 8.65. The Morgan fingerprint density at radius 1 is 1.12 bits per heavy atom. The lowest BCUT2D eigenvalue weighted by molar-refractivity contribution is 0.0949. The number of piperidine rings is 1. The van der Waals surface area contributed by atoms with Gasteiger partial charge in [-0.05, 0) is 50.9 Å². The number of nitrogens with zero attached hydrogens (tertiary/aromatic N) is 2. The molecule has 1 amide bonds. The molecule has 2 heterocycles. The smallest absolute Gasteiger partial charge is 0.257 e. The third-order valence-electron chi connectivity index (χ3n) is 4.59. The second kappa shape index (κ2) is 7.62. The van der Waals surface area contributed by atoms with Gasteiger partial charge in [0.05, 0.1) is 5.69 Å². The van der Waals surface area contributed by atoms with Crippen LogP contribution in [0.5, 0.6) is 0 Å². The summed E-state index contributed by atoms with van der Waals surface area (Å²) in [4.78, 5) is 14.7. The molecule has 24 heavy (non-hydrogen) atoms. The Morgan fingerprint density at radius 3 is 2.42 bits per heavy atom. The fourth-order valence-corrected chi connectivity index (χ4v) is 3.22. The van der Waals surface area contributed by atoms with Crippen molar-refractivity contribution in [3.05, 3.63) is 52.4 Å². The molecule has 1 aromatic heterocycles. The van der Waals surface area contributed by atoms with Gasteiger partial charge in [-0.3, -0.25) is 9.69 Å². The van der Waals surface area contributed by atoms with Crippen molar-refractivity contribution in [1.29, 1.82) is 0 Å². The highest BCUT2D eigenvalue weighted by atomic mass is 16.5. The summed E-state index contributed by atoms with van der Waals surface area (Å²) < 4.78 is 5.04. The highest BCUT2D eigenvalue weighted by molar-refractivity contribution is 5.95. The Labute approximate surface area is 143 Å². The predicted molar refractivity (Wildman–Crippen MR) is 92.7 cm³/mol. The van der Waals surface area contributed by atoms with E-state index in [0.29, 0.717) is 23.6 Å². The van der Waals surface area contributed by atoms with E-state index in [-0.39, 0.29) is 5.91 Å². The summed E-state index contributed by atoms with van der Waals surface area (Å²) in [5, 5.41) is 6.75. The van der Waals surface area contributed by atoms with Crippen molar-refractivity contribution < 1.29 is 9.32 Å².